The minimum atomic E-state index is 0.844. The van der Waals surface area contributed by atoms with Crippen LogP contribution in [0.4, 0.5) is 0 Å². The summed E-state index contributed by atoms with van der Waals surface area (Å²) >= 11 is 0. The van der Waals surface area contributed by atoms with Gasteiger partial charge in [-0.2, -0.15) is 0 Å². The maximum atomic E-state index is 5.70. The van der Waals surface area contributed by atoms with Crippen molar-refractivity contribution in [1.29, 1.82) is 0 Å². The van der Waals surface area contributed by atoms with E-state index in [0.717, 1.165) is 25.2 Å². The summed E-state index contributed by atoms with van der Waals surface area (Å²) in [4.78, 5) is 0. The fourth-order valence-electron chi connectivity index (χ4n) is 1.98. The zero-order valence-corrected chi connectivity index (χ0v) is 11.8. The van der Waals surface area contributed by atoms with Crippen LogP contribution in [-0.2, 0) is 6.42 Å². The Morgan fingerprint density at radius 2 is 1.72 bits per heavy atom. The van der Waals surface area contributed by atoms with Crippen LogP contribution >= 0.6 is 0 Å². The van der Waals surface area contributed by atoms with Gasteiger partial charge in [0.25, 0.3) is 0 Å². The van der Waals surface area contributed by atoms with Gasteiger partial charge in [0.05, 0.1) is 6.61 Å². The first-order valence-electron chi connectivity index (χ1n) is 7.37. The van der Waals surface area contributed by atoms with Gasteiger partial charge in [0.15, 0.2) is 0 Å². The van der Waals surface area contributed by atoms with Crippen molar-refractivity contribution in [2.24, 2.45) is 0 Å². The third kappa shape index (κ3) is 6.68. The Morgan fingerprint density at radius 3 is 2.39 bits per heavy atom. The zero-order chi connectivity index (χ0) is 13.1. The highest BCUT2D eigenvalue weighted by atomic mass is 16.5. The summed E-state index contributed by atoms with van der Waals surface area (Å²) < 4.78 is 5.70. The van der Waals surface area contributed by atoms with Gasteiger partial charge in [-0.1, -0.05) is 58.1 Å². The predicted molar refractivity (Wildman–Crippen MR) is 79.0 cm³/mol. The highest BCUT2D eigenvalue weighted by Crippen LogP contribution is 2.15. The van der Waals surface area contributed by atoms with Crippen molar-refractivity contribution < 1.29 is 4.74 Å². The van der Waals surface area contributed by atoms with E-state index in [-0.39, 0.29) is 0 Å². The van der Waals surface area contributed by atoms with Crippen LogP contribution in [0, 0.1) is 6.92 Å². The smallest absolute Gasteiger partial charge is 0.119 e. The maximum absolute atomic E-state index is 5.70. The second-order valence-electron chi connectivity index (χ2n) is 4.86. The van der Waals surface area contributed by atoms with E-state index >= 15 is 0 Å². The summed E-state index contributed by atoms with van der Waals surface area (Å²) in [6.45, 7) is 6.92. The summed E-state index contributed by atoms with van der Waals surface area (Å²) in [6, 6.07) is 8.59. The van der Waals surface area contributed by atoms with E-state index in [1.165, 1.54) is 44.1 Å². The molecule has 0 fully saturated rings. The van der Waals surface area contributed by atoms with Crippen molar-refractivity contribution in [3.05, 3.63) is 36.8 Å². The molecule has 0 saturated heterocycles. The molecule has 0 aliphatic rings. The highest BCUT2D eigenvalue weighted by molar-refractivity contribution is 5.27. The standard InChI is InChI=1S/C17H27O/c1-3-5-7-8-10-16-11-13-17(14-12-16)18-15-9-6-4-2/h11-14H,1,3-10,15H2,2H3. The Labute approximate surface area is 113 Å². The van der Waals surface area contributed by atoms with E-state index in [1.54, 1.807) is 0 Å². The van der Waals surface area contributed by atoms with Crippen molar-refractivity contribution in [1.82, 2.24) is 0 Å². The lowest BCUT2D eigenvalue weighted by atomic mass is 10.1. The Hall–Kier alpha value is -0.980. The number of ether oxygens (including phenoxy) is 1. The lowest BCUT2D eigenvalue weighted by molar-refractivity contribution is 0.306. The molecule has 1 aromatic carbocycles. The quantitative estimate of drug-likeness (QED) is 0.517. The Balaban J connectivity index is 2.20. The molecule has 1 aromatic rings. The summed E-state index contributed by atoms with van der Waals surface area (Å²) in [5.74, 6) is 1.01. The highest BCUT2D eigenvalue weighted by Gasteiger charge is 1.96. The van der Waals surface area contributed by atoms with Gasteiger partial charge in [-0.25, -0.2) is 0 Å². The third-order valence-electron chi connectivity index (χ3n) is 3.16. The zero-order valence-electron chi connectivity index (χ0n) is 11.8. The van der Waals surface area contributed by atoms with E-state index in [9.17, 15) is 0 Å². The second-order valence-corrected chi connectivity index (χ2v) is 4.86. The molecule has 0 aliphatic heterocycles. The van der Waals surface area contributed by atoms with Crippen LogP contribution in [0.3, 0.4) is 0 Å². The first-order valence-corrected chi connectivity index (χ1v) is 7.37. The summed E-state index contributed by atoms with van der Waals surface area (Å²) in [5, 5.41) is 0. The van der Waals surface area contributed by atoms with Gasteiger partial charge in [0.1, 0.15) is 5.75 Å². The molecule has 1 nitrogen and oxygen atoms in total. The van der Waals surface area contributed by atoms with Crippen molar-refractivity contribution in [3.8, 4) is 5.75 Å². The Morgan fingerprint density at radius 1 is 0.944 bits per heavy atom. The molecule has 0 N–H and O–H groups in total. The molecule has 18 heavy (non-hydrogen) atoms. The first-order chi connectivity index (χ1) is 8.86. The van der Waals surface area contributed by atoms with Crippen LogP contribution < -0.4 is 4.74 Å². The molecule has 0 spiro atoms. The lowest BCUT2D eigenvalue weighted by Crippen LogP contribution is -1.97. The number of hydrogen-bond donors (Lipinski definition) is 0. The van der Waals surface area contributed by atoms with Crippen LogP contribution in [0.2, 0.25) is 0 Å². The number of benzene rings is 1. The van der Waals surface area contributed by atoms with Crippen molar-refractivity contribution in [2.75, 3.05) is 6.61 Å². The Kier molecular flexibility index (Phi) is 8.37. The molecule has 0 heterocycles. The fraction of sp³-hybridized carbons (Fsp3) is 0.588. The Bertz CT molecular complexity index is 258. The molecule has 101 valence electrons. The molecular formula is C17H27O. The summed E-state index contributed by atoms with van der Waals surface area (Å²) in [5.41, 5.74) is 1.42. The van der Waals surface area contributed by atoms with Gasteiger partial charge in [-0.05, 0) is 37.0 Å². The molecular weight excluding hydrogens is 220 g/mol. The number of rotatable bonds is 10. The average molecular weight is 247 g/mol. The van der Waals surface area contributed by atoms with Gasteiger partial charge < -0.3 is 4.74 Å². The minimum absolute atomic E-state index is 0.844. The van der Waals surface area contributed by atoms with E-state index in [4.69, 9.17) is 4.74 Å². The molecule has 0 amide bonds. The van der Waals surface area contributed by atoms with Gasteiger partial charge in [-0.15, -0.1) is 0 Å². The molecule has 0 saturated carbocycles. The molecule has 0 atom stereocenters. The van der Waals surface area contributed by atoms with Crippen LogP contribution in [-0.4, -0.2) is 6.61 Å². The average Bonchev–Trinajstić information content (AvgIpc) is 2.41. The van der Waals surface area contributed by atoms with E-state index in [0.29, 0.717) is 0 Å². The normalized spacial score (nSPS) is 10.6. The second kappa shape index (κ2) is 9.99. The SMILES string of the molecule is [CH2]CCCCCc1ccc(OCCCCC)cc1. The van der Waals surface area contributed by atoms with Gasteiger partial charge in [0, 0.05) is 0 Å². The van der Waals surface area contributed by atoms with Crippen LogP contribution in [0.5, 0.6) is 5.75 Å². The van der Waals surface area contributed by atoms with Crippen molar-refractivity contribution >= 4 is 0 Å². The van der Waals surface area contributed by atoms with Crippen LogP contribution in [0.15, 0.2) is 24.3 Å². The van der Waals surface area contributed by atoms with Gasteiger partial charge in [0.2, 0.25) is 0 Å². The maximum Gasteiger partial charge on any atom is 0.119 e. The van der Waals surface area contributed by atoms with Crippen LogP contribution in [0.1, 0.15) is 57.4 Å². The monoisotopic (exact) mass is 247 g/mol. The number of unbranched alkanes of at least 4 members (excludes halogenated alkanes) is 5. The number of hydrogen-bond acceptors (Lipinski definition) is 1. The molecule has 1 rings (SSSR count). The third-order valence-corrected chi connectivity index (χ3v) is 3.16. The molecule has 1 heteroatoms. The molecule has 0 aromatic heterocycles. The first kappa shape index (κ1) is 15.1. The molecule has 1 radical (unpaired) electrons. The van der Waals surface area contributed by atoms with E-state index in [2.05, 4.69) is 38.1 Å². The summed E-state index contributed by atoms with van der Waals surface area (Å²) in [7, 11) is 0. The lowest BCUT2D eigenvalue weighted by Gasteiger charge is -2.07. The minimum Gasteiger partial charge on any atom is -0.494 e. The van der Waals surface area contributed by atoms with E-state index < -0.39 is 0 Å². The van der Waals surface area contributed by atoms with Crippen molar-refractivity contribution in [2.45, 2.75) is 58.3 Å². The molecule has 0 aliphatic carbocycles. The van der Waals surface area contributed by atoms with Gasteiger partial charge in [-0.3, -0.25) is 0 Å². The largest absolute Gasteiger partial charge is 0.494 e. The van der Waals surface area contributed by atoms with E-state index in [1.807, 2.05) is 0 Å². The van der Waals surface area contributed by atoms with Gasteiger partial charge >= 0.3 is 0 Å². The number of aryl methyl sites for hydroxylation is 1. The summed E-state index contributed by atoms with van der Waals surface area (Å²) in [6.07, 6.45) is 9.70. The topological polar surface area (TPSA) is 9.23 Å². The predicted octanol–water partition coefficient (Wildman–Crippen LogP) is 5.19. The molecule has 0 unspecified atom stereocenters. The molecule has 0 bridgehead atoms. The fourth-order valence-corrected chi connectivity index (χ4v) is 1.98. The van der Waals surface area contributed by atoms with Crippen molar-refractivity contribution in [3.63, 3.8) is 0 Å². The van der Waals surface area contributed by atoms with Crippen LogP contribution in [0.25, 0.3) is 0 Å².